The van der Waals surface area contributed by atoms with Gasteiger partial charge in [-0.25, -0.2) is 18.4 Å². The highest BCUT2D eigenvalue weighted by Crippen LogP contribution is 2.22. The maximum atomic E-state index is 12.2. The molecule has 0 amide bonds. The number of sulfonamides is 1. The molecule has 0 radical (unpaired) electrons. The summed E-state index contributed by atoms with van der Waals surface area (Å²) in [7, 11) is -1.98. The average molecular weight is 264 g/mol. The summed E-state index contributed by atoms with van der Waals surface area (Å²) in [6.45, 7) is 0. The Morgan fingerprint density at radius 2 is 1.78 bits per heavy atom. The second-order valence-corrected chi connectivity index (χ2v) is 5.13. The maximum absolute atomic E-state index is 12.2. The van der Waals surface area contributed by atoms with Crippen molar-refractivity contribution in [3.05, 3.63) is 43.0 Å². The van der Waals surface area contributed by atoms with E-state index < -0.39 is 10.0 Å². The summed E-state index contributed by atoms with van der Waals surface area (Å²) in [6, 6.07) is 6.64. The van der Waals surface area contributed by atoms with Crippen molar-refractivity contribution in [1.82, 2.24) is 9.97 Å². The predicted octanol–water partition coefficient (Wildman–Crippen LogP) is 1.32. The van der Waals surface area contributed by atoms with E-state index in [4.69, 9.17) is 0 Å². The maximum Gasteiger partial charge on any atom is 0.264 e. The van der Waals surface area contributed by atoms with Crippen molar-refractivity contribution in [2.45, 2.75) is 4.90 Å². The Bertz CT molecular complexity index is 629. The normalized spacial score (nSPS) is 10.9. The first-order valence-electron chi connectivity index (χ1n) is 5.18. The molecule has 1 aromatic heterocycles. The van der Waals surface area contributed by atoms with Crippen LogP contribution < -0.4 is 10.0 Å². The minimum absolute atomic E-state index is 0.177. The third kappa shape index (κ3) is 2.57. The van der Waals surface area contributed by atoms with Crippen LogP contribution in [0.4, 0.5) is 11.4 Å². The van der Waals surface area contributed by atoms with Crippen molar-refractivity contribution in [3.63, 3.8) is 0 Å². The molecule has 1 aromatic carbocycles. The van der Waals surface area contributed by atoms with Crippen molar-refractivity contribution >= 4 is 21.4 Å². The van der Waals surface area contributed by atoms with Crippen LogP contribution in [0.2, 0.25) is 0 Å². The van der Waals surface area contributed by atoms with E-state index in [0.29, 0.717) is 11.4 Å². The van der Waals surface area contributed by atoms with Crippen molar-refractivity contribution in [2.24, 2.45) is 0 Å². The van der Waals surface area contributed by atoms with Gasteiger partial charge in [0.25, 0.3) is 10.0 Å². The van der Waals surface area contributed by atoms with Crippen LogP contribution in [0.25, 0.3) is 0 Å². The number of benzene rings is 1. The van der Waals surface area contributed by atoms with Crippen LogP contribution in [0.15, 0.2) is 47.9 Å². The first kappa shape index (κ1) is 12.3. The molecule has 0 aliphatic rings. The van der Waals surface area contributed by atoms with E-state index in [2.05, 4.69) is 20.0 Å². The van der Waals surface area contributed by atoms with Crippen LogP contribution in [0.5, 0.6) is 0 Å². The van der Waals surface area contributed by atoms with Gasteiger partial charge < -0.3 is 5.32 Å². The zero-order valence-electron chi connectivity index (χ0n) is 9.66. The fourth-order valence-electron chi connectivity index (χ4n) is 1.47. The molecule has 0 atom stereocenters. The number of nitrogens with one attached hydrogen (secondary N) is 2. The van der Waals surface area contributed by atoms with Crippen LogP contribution in [0, 0.1) is 0 Å². The third-order valence-electron chi connectivity index (χ3n) is 2.26. The van der Waals surface area contributed by atoms with Crippen LogP contribution in [-0.2, 0) is 10.0 Å². The van der Waals surface area contributed by atoms with Gasteiger partial charge in [0.2, 0.25) is 0 Å². The molecule has 94 valence electrons. The number of hydrogen-bond donors (Lipinski definition) is 2. The SMILES string of the molecule is CNc1ccccc1S(=O)(=O)Nc1cncnc1. The second-order valence-electron chi connectivity index (χ2n) is 3.48. The van der Waals surface area contributed by atoms with E-state index in [1.165, 1.54) is 24.8 Å². The summed E-state index contributed by atoms with van der Waals surface area (Å²) < 4.78 is 26.8. The zero-order valence-corrected chi connectivity index (χ0v) is 10.5. The molecule has 0 aliphatic carbocycles. The Morgan fingerprint density at radius 3 is 2.44 bits per heavy atom. The van der Waals surface area contributed by atoms with Crippen molar-refractivity contribution < 1.29 is 8.42 Å². The molecule has 2 rings (SSSR count). The Labute approximate surface area is 105 Å². The topological polar surface area (TPSA) is 84.0 Å². The minimum Gasteiger partial charge on any atom is -0.387 e. The summed E-state index contributed by atoms with van der Waals surface area (Å²) >= 11 is 0. The van der Waals surface area contributed by atoms with E-state index in [0.717, 1.165) is 0 Å². The highest BCUT2D eigenvalue weighted by molar-refractivity contribution is 7.92. The van der Waals surface area contributed by atoms with Crippen molar-refractivity contribution in [3.8, 4) is 0 Å². The van der Waals surface area contributed by atoms with Crippen LogP contribution in [0.1, 0.15) is 0 Å². The summed E-state index contributed by atoms with van der Waals surface area (Å²) in [5.41, 5.74) is 0.852. The zero-order chi connectivity index (χ0) is 13.0. The van der Waals surface area contributed by atoms with Gasteiger partial charge in [-0.05, 0) is 12.1 Å². The van der Waals surface area contributed by atoms with Crippen LogP contribution >= 0.6 is 0 Å². The van der Waals surface area contributed by atoms with E-state index >= 15 is 0 Å². The average Bonchev–Trinajstić information content (AvgIpc) is 2.39. The number of para-hydroxylation sites is 1. The van der Waals surface area contributed by atoms with Gasteiger partial charge >= 0.3 is 0 Å². The molecule has 1 heterocycles. The van der Waals surface area contributed by atoms with Crippen molar-refractivity contribution in [1.29, 1.82) is 0 Å². The molecular weight excluding hydrogens is 252 g/mol. The second kappa shape index (κ2) is 5.01. The Hall–Kier alpha value is -2.15. The van der Waals surface area contributed by atoms with E-state index in [1.807, 2.05) is 0 Å². The molecule has 6 nitrogen and oxygen atoms in total. The highest BCUT2D eigenvalue weighted by Gasteiger charge is 2.17. The Morgan fingerprint density at radius 1 is 1.11 bits per heavy atom. The van der Waals surface area contributed by atoms with Crippen molar-refractivity contribution in [2.75, 3.05) is 17.1 Å². The lowest BCUT2D eigenvalue weighted by Gasteiger charge is -2.11. The third-order valence-corrected chi connectivity index (χ3v) is 3.70. The fourth-order valence-corrected chi connectivity index (χ4v) is 2.71. The van der Waals surface area contributed by atoms with Crippen LogP contribution in [-0.4, -0.2) is 25.4 Å². The number of hydrogen-bond acceptors (Lipinski definition) is 5. The molecule has 7 heteroatoms. The molecule has 0 saturated heterocycles. The van der Waals surface area contributed by atoms with Gasteiger partial charge in [0, 0.05) is 7.05 Å². The van der Waals surface area contributed by atoms with Gasteiger partial charge in [-0.3, -0.25) is 4.72 Å². The molecule has 2 N–H and O–H groups in total. The summed E-state index contributed by atoms with van der Waals surface area (Å²) in [5.74, 6) is 0. The van der Waals surface area contributed by atoms with Gasteiger partial charge in [0.05, 0.1) is 23.8 Å². The molecule has 0 spiro atoms. The fraction of sp³-hybridized carbons (Fsp3) is 0.0909. The molecule has 0 unspecified atom stereocenters. The molecule has 0 aliphatic heterocycles. The van der Waals surface area contributed by atoms with E-state index in [-0.39, 0.29) is 4.90 Å². The smallest absolute Gasteiger partial charge is 0.264 e. The summed E-state index contributed by atoms with van der Waals surface area (Å²) in [6.07, 6.45) is 4.12. The minimum atomic E-state index is -3.65. The van der Waals surface area contributed by atoms with Gasteiger partial charge in [-0.15, -0.1) is 0 Å². The lowest BCUT2D eigenvalue weighted by atomic mass is 10.3. The van der Waals surface area contributed by atoms with Gasteiger partial charge in [-0.2, -0.15) is 0 Å². The highest BCUT2D eigenvalue weighted by atomic mass is 32.2. The predicted molar refractivity (Wildman–Crippen MR) is 68.8 cm³/mol. The quantitative estimate of drug-likeness (QED) is 0.870. The Kier molecular flexibility index (Phi) is 3.42. The van der Waals surface area contributed by atoms with Gasteiger partial charge in [0.1, 0.15) is 11.2 Å². The molecule has 0 fully saturated rings. The van der Waals surface area contributed by atoms with Gasteiger partial charge in [0.15, 0.2) is 0 Å². The summed E-state index contributed by atoms with van der Waals surface area (Å²) in [5, 5.41) is 2.84. The van der Waals surface area contributed by atoms with E-state index in [1.54, 1.807) is 25.2 Å². The lowest BCUT2D eigenvalue weighted by molar-refractivity contribution is 0.601. The first-order valence-corrected chi connectivity index (χ1v) is 6.66. The monoisotopic (exact) mass is 264 g/mol. The molecule has 0 bridgehead atoms. The summed E-state index contributed by atoms with van der Waals surface area (Å²) in [4.78, 5) is 7.68. The standard InChI is InChI=1S/C11H12N4O2S/c1-12-10-4-2-3-5-11(10)18(16,17)15-9-6-13-8-14-7-9/h2-8,12,15H,1H3. The lowest BCUT2D eigenvalue weighted by Crippen LogP contribution is -2.14. The molecule has 2 aromatic rings. The number of anilines is 2. The number of nitrogens with zero attached hydrogens (tertiary/aromatic N) is 2. The molecule has 0 saturated carbocycles. The van der Waals surface area contributed by atoms with Gasteiger partial charge in [-0.1, -0.05) is 12.1 Å². The van der Waals surface area contributed by atoms with Crippen LogP contribution in [0.3, 0.4) is 0 Å². The molecular formula is C11H12N4O2S. The number of aromatic nitrogens is 2. The Balaban J connectivity index is 2.37. The first-order chi connectivity index (χ1) is 8.63. The number of rotatable bonds is 4. The largest absolute Gasteiger partial charge is 0.387 e. The molecule has 18 heavy (non-hydrogen) atoms. The van der Waals surface area contributed by atoms with E-state index in [9.17, 15) is 8.42 Å².